The summed E-state index contributed by atoms with van der Waals surface area (Å²) in [5.41, 5.74) is 5.28. The number of hydrazine groups is 1. The molecule has 0 radical (unpaired) electrons. The van der Waals surface area contributed by atoms with Crippen LogP contribution in [0.2, 0.25) is 0 Å². The maximum atomic E-state index is 11.6. The van der Waals surface area contributed by atoms with Crippen LogP contribution in [-0.2, 0) is 25.5 Å². The molecule has 0 aromatic heterocycles. The number of hydrogen-bond donors (Lipinski definition) is 1. The van der Waals surface area contributed by atoms with Crippen LogP contribution in [0, 0.1) is 5.92 Å². The molecule has 150 valence electrons. The van der Waals surface area contributed by atoms with E-state index in [-0.39, 0.29) is 18.3 Å². The fourth-order valence-corrected chi connectivity index (χ4v) is 2.67. The monoisotopic (exact) mass is 386 g/mol. The molecule has 1 aromatic rings. The van der Waals surface area contributed by atoms with E-state index in [9.17, 15) is 9.59 Å². The van der Waals surface area contributed by atoms with E-state index in [0.717, 1.165) is 17.7 Å². The molecule has 0 saturated carbocycles. The van der Waals surface area contributed by atoms with Crippen molar-refractivity contribution >= 4 is 11.9 Å². The highest BCUT2D eigenvalue weighted by Gasteiger charge is 2.19. The number of hydrogen-bond acceptors (Lipinski definition) is 7. The molecule has 1 unspecified atom stereocenters. The third-order valence-electron chi connectivity index (χ3n) is 4.29. The predicted octanol–water partition coefficient (Wildman–Crippen LogP) is 2.36. The van der Waals surface area contributed by atoms with Gasteiger partial charge in [0.2, 0.25) is 0 Å². The SMILES string of the molecule is COC(=O)/C=C/C1=CN(NCCc2ccc(OC)cc2)C=CC1CC(=O)OC. The van der Waals surface area contributed by atoms with E-state index in [1.54, 1.807) is 13.2 Å². The molecule has 7 heteroatoms. The number of ether oxygens (including phenoxy) is 3. The summed E-state index contributed by atoms with van der Waals surface area (Å²) in [4.78, 5) is 23.1. The standard InChI is InChI=1S/C21H26N2O5/c1-26-19-7-4-16(5-8-19)10-12-22-23-13-11-17(14-21(25)28-3)18(15-23)6-9-20(24)27-2/h4-9,11,13,15,17,22H,10,12,14H2,1-3H3/b9-6+. The Bertz CT molecular complexity index is 753. The average molecular weight is 386 g/mol. The zero-order valence-electron chi connectivity index (χ0n) is 16.4. The van der Waals surface area contributed by atoms with Crippen LogP contribution in [0.15, 0.2) is 60.5 Å². The molecule has 1 aromatic carbocycles. The number of benzene rings is 1. The zero-order valence-corrected chi connectivity index (χ0v) is 16.4. The van der Waals surface area contributed by atoms with E-state index < -0.39 is 5.97 Å². The highest BCUT2D eigenvalue weighted by Crippen LogP contribution is 2.23. The van der Waals surface area contributed by atoms with E-state index >= 15 is 0 Å². The van der Waals surface area contributed by atoms with Crippen molar-refractivity contribution in [2.45, 2.75) is 12.8 Å². The van der Waals surface area contributed by atoms with Crippen molar-refractivity contribution in [2.24, 2.45) is 5.92 Å². The first-order valence-electron chi connectivity index (χ1n) is 8.93. The third-order valence-corrected chi connectivity index (χ3v) is 4.29. The van der Waals surface area contributed by atoms with E-state index in [1.807, 2.05) is 47.8 Å². The molecule has 0 aliphatic carbocycles. The van der Waals surface area contributed by atoms with Crippen molar-refractivity contribution in [1.29, 1.82) is 0 Å². The Morgan fingerprint density at radius 3 is 2.54 bits per heavy atom. The molecule has 1 heterocycles. The number of methoxy groups -OCH3 is 3. The summed E-state index contributed by atoms with van der Waals surface area (Å²) in [6.45, 7) is 0.711. The number of allylic oxidation sites excluding steroid dienone is 3. The van der Waals surface area contributed by atoms with Crippen LogP contribution < -0.4 is 10.2 Å². The fourth-order valence-electron chi connectivity index (χ4n) is 2.67. The molecule has 1 N–H and O–H groups in total. The Kier molecular flexibility index (Phi) is 8.30. The molecule has 1 atom stereocenters. The highest BCUT2D eigenvalue weighted by molar-refractivity contribution is 5.82. The normalized spacial score (nSPS) is 16.0. The summed E-state index contributed by atoms with van der Waals surface area (Å²) in [7, 11) is 4.32. The summed E-state index contributed by atoms with van der Waals surface area (Å²) >= 11 is 0. The molecule has 0 spiro atoms. The highest BCUT2D eigenvalue weighted by atomic mass is 16.5. The van der Waals surface area contributed by atoms with Crippen LogP contribution >= 0.6 is 0 Å². The quantitative estimate of drug-likeness (QED) is 0.516. The Morgan fingerprint density at radius 2 is 1.89 bits per heavy atom. The molecular formula is C21H26N2O5. The van der Waals surface area contributed by atoms with Gasteiger partial charge in [0.1, 0.15) is 5.75 Å². The molecule has 0 bridgehead atoms. The second kappa shape index (κ2) is 10.9. The van der Waals surface area contributed by atoms with Gasteiger partial charge in [-0.2, -0.15) is 0 Å². The van der Waals surface area contributed by atoms with Crippen LogP contribution in [-0.4, -0.2) is 44.8 Å². The first-order valence-corrected chi connectivity index (χ1v) is 8.93. The van der Waals surface area contributed by atoms with E-state index in [2.05, 4.69) is 10.2 Å². The van der Waals surface area contributed by atoms with Crippen LogP contribution in [0.25, 0.3) is 0 Å². The van der Waals surface area contributed by atoms with Gasteiger partial charge >= 0.3 is 11.9 Å². The van der Waals surface area contributed by atoms with Crippen molar-refractivity contribution in [3.05, 3.63) is 66.0 Å². The minimum Gasteiger partial charge on any atom is -0.497 e. The van der Waals surface area contributed by atoms with E-state index in [0.29, 0.717) is 6.54 Å². The van der Waals surface area contributed by atoms with Crippen LogP contribution in [0.1, 0.15) is 12.0 Å². The van der Waals surface area contributed by atoms with Gasteiger partial charge in [0.25, 0.3) is 0 Å². The molecule has 0 amide bonds. The van der Waals surface area contributed by atoms with Crippen molar-refractivity contribution in [3.8, 4) is 5.75 Å². The van der Waals surface area contributed by atoms with Gasteiger partial charge < -0.3 is 14.2 Å². The van der Waals surface area contributed by atoms with Gasteiger partial charge in [0.05, 0.1) is 27.8 Å². The number of esters is 2. The summed E-state index contributed by atoms with van der Waals surface area (Å²) in [6.07, 6.45) is 9.63. The Labute approximate surface area is 165 Å². The third kappa shape index (κ3) is 6.59. The summed E-state index contributed by atoms with van der Waals surface area (Å²) in [6, 6.07) is 7.92. The topological polar surface area (TPSA) is 77.1 Å². The van der Waals surface area contributed by atoms with Crippen molar-refractivity contribution in [3.63, 3.8) is 0 Å². The largest absolute Gasteiger partial charge is 0.497 e. The lowest BCUT2D eigenvalue weighted by Crippen LogP contribution is -2.33. The van der Waals surface area contributed by atoms with Gasteiger partial charge in [-0.05, 0) is 35.8 Å². The maximum absolute atomic E-state index is 11.6. The molecule has 7 nitrogen and oxygen atoms in total. The van der Waals surface area contributed by atoms with Crippen LogP contribution in [0.3, 0.4) is 0 Å². The van der Waals surface area contributed by atoms with Gasteiger partial charge in [-0.15, -0.1) is 0 Å². The molecule has 28 heavy (non-hydrogen) atoms. The Hall–Kier alpha value is -3.06. The summed E-state index contributed by atoms with van der Waals surface area (Å²) < 4.78 is 14.5. The van der Waals surface area contributed by atoms with Crippen LogP contribution in [0.4, 0.5) is 0 Å². The summed E-state index contributed by atoms with van der Waals surface area (Å²) in [5.74, 6) is -0.107. The lowest BCUT2D eigenvalue weighted by atomic mass is 9.94. The van der Waals surface area contributed by atoms with Crippen molar-refractivity contribution in [1.82, 2.24) is 10.4 Å². The van der Waals surface area contributed by atoms with E-state index in [1.165, 1.54) is 25.9 Å². The fraction of sp³-hybridized carbons (Fsp3) is 0.333. The minimum absolute atomic E-state index is 0.173. The predicted molar refractivity (Wildman–Crippen MR) is 105 cm³/mol. The Morgan fingerprint density at radius 1 is 1.14 bits per heavy atom. The molecule has 2 rings (SSSR count). The number of nitrogens with zero attached hydrogens (tertiary/aromatic N) is 1. The smallest absolute Gasteiger partial charge is 0.330 e. The molecule has 1 aliphatic rings. The molecule has 0 fully saturated rings. The first kappa shape index (κ1) is 21.2. The second-order valence-electron chi connectivity index (χ2n) is 6.13. The lowest BCUT2D eigenvalue weighted by molar-refractivity contribution is -0.141. The van der Waals surface area contributed by atoms with Gasteiger partial charge in [-0.25, -0.2) is 10.2 Å². The minimum atomic E-state index is -0.453. The van der Waals surface area contributed by atoms with Crippen molar-refractivity contribution < 1.29 is 23.8 Å². The maximum Gasteiger partial charge on any atom is 0.330 e. The zero-order chi connectivity index (χ0) is 20.4. The van der Waals surface area contributed by atoms with Gasteiger partial charge in [-0.1, -0.05) is 18.2 Å². The number of carbonyl (C=O) groups is 2. The van der Waals surface area contributed by atoms with E-state index in [4.69, 9.17) is 9.47 Å². The number of carbonyl (C=O) groups excluding carboxylic acids is 2. The van der Waals surface area contributed by atoms with Crippen LogP contribution in [0.5, 0.6) is 5.75 Å². The van der Waals surface area contributed by atoms with Gasteiger partial charge in [0.15, 0.2) is 0 Å². The number of rotatable bonds is 9. The first-order chi connectivity index (χ1) is 13.5. The second-order valence-corrected chi connectivity index (χ2v) is 6.13. The number of nitrogens with one attached hydrogen (secondary N) is 1. The van der Waals surface area contributed by atoms with Gasteiger partial charge in [0, 0.05) is 30.9 Å². The summed E-state index contributed by atoms with van der Waals surface area (Å²) in [5, 5.41) is 1.81. The Balaban J connectivity index is 1.98. The van der Waals surface area contributed by atoms with Crippen molar-refractivity contribution in [2.75, 3.05) is 27.9 Å². The average Bonchev–Trinajstić information content (AvgIpc) is 2.73. The molecular weight excluding hydrogens is 360 g/mol. The molecule has 0 saturated heterocycles. The lowest BCUT2D eigenvalue weighted by Gasteiger charge is -2.26. The van der Waals surface area contributed by atoms with Gasteiger partial charge in [-0.3, -0.25) is 9.80 Å². The molecule has 1 aliphatic heterocycles.